The second-order valence-corrected chi connectivity index (χ2v) is 9.44. The van der Waals surface area contributed by atoms with Gasteiger partial charge in [0.2, 0.25) is 0 Å². The number of thiophene rings is 1. The van der Waals surface area contributed by atoms with Crippen LogP contribution in [-0.2, 0) is 0 Å². The zero-order valence-corrected chi connectivity index (χ0v) is 18.4. The molecule has 0 bridgehead atoms. The number of anilines is 4. The van der Waals surface area contributed by atoms with Gasteiger partial charge in [0.15, 0.2) is 5.82 Å². The van der Waals surface area contributed by atoms with Crippen molar-refractivity contribution in [2.75, 3.05) is 9.80 Å². The van der Waals surface area contributed by atoms with Gasteiger partial charge in [-0.3, -0.25) is 0 Å². The fourth-order valence-electron chi connectivity index (χ4n) is 5.58. The molecular weight excluding hydrogens is 376 g/mol. The molecule has 0 aliphatic carbocycles. The van der Waals surface area contributed by atoms with Gasteiger partial charge in [-0.2, -0.15) is 0 Å². The maximum Gasteiger partial charge on any atom is 0.162 e. The number of hydrogen-bond donors (Lipinski definition) is 0. The number of fused-ring (bicyclic) bond motifs is 5. The summed E-state index contributed by atoms with van der Waals surface area (Å²) < 4.78 is 0. The van der Waals surface area contributed by atoms with E-state index in [0.717, 1.165) is 24.3 Å². The van der Waals surface area contributed by atoms with Crippen LogP contribution in [0.25, 0.3) is 0 Å². The maximum absolute atomic E-state index is 4.80. The van der Waals surface area contributed by atoms with Gasteiger partial charge >= 0.3 is 0 Å². The Morgan fingerprint density at radius 1 is 1.07 bits per heavy atom. The molecule has 3 aromatic rings. The standard InChI is InChI=1S/C24H28N4S/c1-5-17-16(3)24(4,6-2)23-27(21-12-9-13-29-21)20-14-25-15-26-22(20)28(23)19-11-8-7-10-18(17)19/h7-17,23H,5-6H2,1-4H3. The van der Waals surface area contributed by atoms with E-state index in [-0.39, 0.29) is 11.6 Å². The molecule has 5 rings (SSSR count). The van der Waals surface area contributed by atoms with Gasteiger partial charge in [0.25, 0.3) is 0 Å². The first-order valence-corrected chi connectivity index (χ1v) is 11.5. The van der Waals surface area contributed by atoms with Crippen molar-refractivity contribution in [3.63, 3.8) is 0 Å². The summed E-state index contributed by atoms with van der Waals surface area (Å²) in [6, 6.07) is 13.3. The van der Waals surface area contributed by atoms with Crippen molar-refractivity contribution in [2.24, 2.45) is 11.3 Å². The Bertz CT molecular complexity index is 1020. The molecular formula is C24H28N4S. The molecule has 2 aromatic heterocycles. The molecule has 0 radical (unpaired) electrons. The lowest BCUT2D eigenvalue weighted by Crippen LogP contribution is -2.52. The van der Waals surface area contributed by atoms with Crippen LogP contribution in [0.15, 0.2) is 54.3 Å². The highest BCUT2D eigenvalue weighted by Crippen LogP contribution is 2.60. The minimum atomic E-state index is 0.0738. The average molecular weight is 405 g/mol. The predicted octanol–water partition coefficient (Wildman–Crippen LogP) is 6.71. The predicted molar refractivity (Wildman–Crippen MR) is 121 cm³/mol. The summed E-state index contributed by atoms with van der Waals surface area (Å²) in [7, 11) is 0. The highest BCUT2D eigenvalue weighted by molar-refractivity contribution is 7.14. The number of para-hydroxylation sites is 1. The van der Waals surface area contributed by atoms with E-state index in [9.17, 15) is 0 Å². The molecule has 2 aliphatic rings. The van der Waals surface area contributed by atoms with Crippen molar-refractivity contribution in [1.82, 2.24) is 9.97 Å². The average Bonchev–Trinajstić information content (AvgIpc) is 3.38. The first-order chi connectivity index (χ1) is 14.1. The fraction of sp³-hybridized carbons (Fsp3) is 0.417. The van der Waals surface area contributed by atoms with Gasteiger partial charge in [0, 0.05) is 11.1 Å². The topological polar surface area (TPSA) is 32.3 Å². The van der Waals surface area contributed by atoms with Crippen LogP contribution in [0.4, 0.5) is 22.2 Å². The zero-order chi connectivity index (χ0) is 20.2. The van der Waals surface area contributed by atoms with E-state index in [1.165, 1.54) is 16.3 Å². The highest BCUT2D eigenvalue weighted by Gasteiger charge is 2.55. The minimum Gasteiger partial charge on any atom is -0.306 e. The monoisotopic (exact) mass is 404 g/mol. The van der Waals surface area contributed by atoms with E-state index in [0.29, 0.717) is 11.8 Å². The molecule has 0 saturated carbocycles. The van der Waals surface area contributed by atoms with Crippen LogP contribution in [0.2, 0.25) is 0 Å². The number of nitrogens with zero attached hydrogens (tertiary/aromatic N) is 4. The van der Waals surface area contributed by atoms with E-state index >= 15 is 0 Å². The number of aromatic nitrogens is 2. The Labute approximate surface area is 177 Å². The Morgan fingerprint density at radius 2 is 1.90 bits per heavy atom. The molecule has 4 nitrogen and oxygen atoms in total. The van der Waals surface area contributed by atoms with Crippen LogP contribution in [0.1, 0.15) is 52.0 Å². The van der Waals surface area contributed by atoms with Crippen LogP contribution in [0.5, 0.6) is 0 Å². The van der Waals surface area contributed by atoms with E-state index < -0.39 is 0 Å². The fourth-order valence-corrected chi connectivity index (χ4v) is 6.34. The second kappa shape index (κ2) is 6.84. The largest absolute Gasteiger partial charge is 0.306 e. The zero-order valence-electron chi connectivity index (χ0n) is 17.5. The lowest BCUT2D eigenvalue weighted by Gasteiger charge is -2.47. The van der Waals surface area contributed by atoms with Crippen molar-refractivity contribution < 1.29 is 0 Å². The van der Waals surface area contributed by atoms with Gasteiger partial charge in [-0.25, -0.2) is 9.97 Å². The quantitative estimate of drug-likeness (QED) is 0.485. The van der Waals surface area contributed by atoms with E-state index in [2.05, 4.69) is 84.3 Å². The summed E-state index contributed by atoms with van der Waals surface area (Å²) in [5.74, 6) is 2.07. The number of benzene rings is 1. The SMILES string of the molecule is CCC1c2ccccc2N2c3ncncc3N(c3cccs3)C2C(C)(CC)C1C. The van der Waals surface area contributed by atoms with Crippen molar-refractivity contribution in [2.45, 2.75) is 52.6 Å². The molecule has 5 heteroatoms. The summed E-state index contributed by atoms with van der Waals surface area (Å²) in [6.45, 7) is 9.61. The molecule has 0 saturated heterocycles. The smallest absolute Gasteiger partial charge is 0.162 e. The normalized spacial score (nSPS) is 27.9. The van der Waals surface area contributed by atoms with Crippen molar-refractivity contribution >= 4 is 33.5 Å². The lowest BCUT2D eigenvalue weighted by atomic mass is 9.66. The Balaban J connectivity index is 1.84. The van der Waals surface area contributed by atoms with Gasteiger partial charge in [-0.05, 0) is 53.8 Å². The molecule has 4 unspecified atom stereocenters. The third-order valence-corrected chi connectivity index (χ3v) is 8.29. The molecule has 0 amide bonds. The highest BCUT2D eigenvalue weighted by atomic mass is 32.1. The summed E-state index contributed by atoms with van der Waals surface area (Å²) in [5, 5.41) is 3.42. The molecule has 0 N–H and O–H groups in total. The first-order valence-electron chi connectivity index (χ1n) is 10.6. The van der Waals surface area contributed by atoms with E-state index in [1.54, 1.807) is 17.7 Å². The van der Waals surface area contributed by atoms with Gasteiger partial charge in [-0.1, -0.05) is 45.9 Å². The molecule has 0 spiro atoms. The third-order valence-electron chi connectivity index (χ3n) is 7.42. The minimum absolute atomic E-state index is 0.0738. The third kappa shape index (κ3) is 2.49. The first kappa shape index (κ1) is 18.6. The molecule has 4 heterocycles. The Kier molecular flexibility index (Phi) is 4.39. The van der Waals surface area contributed by atoms with Crippen LogP contribution < -0.4 is 9.80 Å². The van der Waals surface area contributed by atoms with Gasteiger partial charge in [-0.15, -0.1) is 11.3 Å². The number of hydrogen-bond acceptors (Lipinski definition) is 5. The van der Waals surface area contributed by atoms with Crippen molar-refractivity contribution in [1.29, 1.82) is 0 Å². The van der Waals surface area contributed by atoms with E-state index in [4.69, 9.17) is 4.98 Å². The molecule has 29 heavy (non-hydrogen) atoms. The number of rotatable bonds is 3. The van der Waals surface area contributed by atoms with E-state index in [1.807, 2.05) is 6.20 Å². The van der Waals surface area contributed by atoms with Crippen LogP contribution in [-0.4, -0.2) is 16.1 Å². The second-order valence-electron chi connectivity index (χ2n) is 8.52. The summed E-state index contributed by atoms with van der Waals surface area (Å²) in [6.07, 6.45) is 6.08. The molecule has 4 atom stereocenters. The summed E-state index contributed by atoms with van der Waals surface area (Å²) >= 11 is 1.79. The lowest BCUT2D eigenvalue weighted by molar-refractivity contribution is 0.131. The van der Waals surface area contributed by atoms with Crippen molar-refractivity contribution in [3.05, 3.63) is 59.9 Å². The van der Waals surface area contributed by atoms with Gasteiger partial charge in [0.1, 0.15) is 18.2 Å². The Morgan fingerprint density at radius 3 is 2.62 bits per heavy atom. The maximum atomic E-state index is 4.80. The van der Waals surface area contributed by atoms with Crippen LogP contribution >= 0.6 is 11.3 Å². The van der Waals surface area contributed by atoms with Crippen LogP contribution in [0, 0.1) is 11.3 Å². The Hall–Kier alpha value is -2.40. The summed E-state index contributed by atoms with van der Waals surface area (Å²) in [4.78, 5) is 14.2. The molecule has 2 aliphatic heterocycles. The van der Waals surface area contributed by atoms with Gasteiger partial charge in [0.05, 0.1) is 11.2 Å². The van der Waals surface area contributed by atoms with Crippen LogP contribution in [0.3, 0.4) is 0 Å². The molecule has 1 aromatic carbocycles. The van der Waals surface area contributed by atoms with Gasteiger partial charge < -0.3 is 9.80 Å². The summed E-state index contributed by atoms with van der Waals surface area (Å²) in [5.41, 5.74) is 3.93. The van der Waals surface area contributed by atoms with Crippen molar-refractivity contribution in [3.8, 4) is 0 Å². The molecule has 0 fully saturated rings. The molecule has 150 valence electrons.